The molecule has 26 heavy (non-hydrogen) atoms. The topological polar surface area (TPSA) is 84.5 Å². The fourth-order valence-corrected chi connectivity index (χ4v) is 3.83. The minimum Gasteiger partial charge on any atom is -0.482 e. The first-order chi connectivity index (χ1) is 12.3. The number of hydrogen-bond donors (Lipinski definition) is 2. The maximum atomic E-state index is 12.0. The highest BCUT2D eigenvalue weighted by Gasteiger charge is 2.13. The Morgan fingerprint density at radius 2 is 1.88 bits per heavy atom. The molecule has 0 atom stereocenters. The largest absolute Gasteiger partial charge is 0.482 e. The number of sulfonamides is 1. The van der Waals surface area contributed by atoms with Gasteiger partial charge in [0.05, 0.1) is 9.92 Å². The average molecular weight is 462 g/mol. The Kier molecular flexibility index (Phi) is 7.45. The number of anilines is 1. The molecule has 2 aromatic rings. The number of carbonyl (C=O) groups is 1. The van der Waals surface area contributed by atoms with Gasteiger partial charge in [-0.15, -0.1) is 0 Å². The molecule has 0 saturated heterocycles. The highest BCUT2D eigenvalue weighted by Crippen LogP contribution is 2.27. The summed E-state index contributed by atoms with van der Waals surface area (Å²) in [6.07, 6.45) is 0.704. The van der Waals surface area contributed by atoms with Crippen LogP contribution in [-0.2, 0) is 14.8 Å². The van der Waals surface area contributed by atoms with Crippen molar-refractivity contribution in [1.82, 2.24) is 4.72 Å². The van der Waals surface area contributed by atoms with E-state index in [-0.39, 0.29) is 17.4 Å². The smallest absolute Gasteiger partial charge is 0.262 e. The highest BCUT2D eigenvalue weighted by atomic mass is 79.9. The number of hydrogen-bond acceptors (Lipinski definition) is 4. The van der Waals surface area contributed by atoms with Gasteiger partial charge in [0.2, 0.25) is 10.0 Å². The van der Waals surface area contributed by atoms with Crippen LogP contribution < -0.4 is 14.8 Å². The molecule has 0 aliphatic carbocycles. The fraction of sp³-hybridized carbons (Fsp3) is 0.235. The van der Waals surface area contributed by atoms with E-state index in [4.69, 9.17) is 16.3 Å². The number of carbonyl (C=O) groups excluding carboxylic acids is 1. The average Bonchev–Trinajstić information content (AvgIpc) is 2.60. The second-order valence-corrected chi connectivity index (χ2v) is 8.42. The molecule has 2 N–H and O–H groups in total. The van der Waals surface area contributed by atoms with Crippen molar-refractivity contribution in [2.45, 2.75) is 18.2 Å². The van der Waals surface area contributed by atoms with Gasteiger partial charge in [0.25, 0.3) is 5.91 Å². The fourth-order valence-electron chi connectivity index (χ4n) is 1.97. The standard InChI is InChI=1S/C17H18BrClN2O4S/c1-2-9-20-26(23,24)14-6-4-13(5-7-14)21-17(22)11-25-16-8-3-12(18)10-15(16)19/h3-8,10,20H,2,9,11H2,1H3,(H,21,22). The molecule has 0 aliphatic rings. The van der Waals surface area contributed by atoms with Gasteiger partial charge in [0.15, 0.2) is 6.61 Å². The number of amides is 1. The van der Waals surface area contributed by atoms with E-state index in [1.54, 1.807) is 18.2 Å². The summed E-state index contributed by atoms with van der Waals surface area (Å²) < 4.78 is 32.7. The molecular weight excluding hydrogens is 444 g/mol. The quantitative estimate of drug-likeness (QED) is 0.626. The van der Waals surface area contributed by atoms with Gasteiger partial charge in [-0.3, -0.25) is 4.79 Å². The number of ether oxygens (including phenoxy) is 1. The first-order valence-electron chi connectivity index (χ1n) is 7.79. The molecule has 140 valence electrons. The van der Waals surface area contributed by atoms with Crippen molar-refractivity contribution in [3.05, 3.63) is 52.0 Å². The molecule has 0 radical (unpaired) electrons. The van der Waals surface area contributed by atoms with Crippen LogP contribution in [0.3, 0.4) is 0 Å². The Balaban J connectivity index is 1.93. The van der Waals surface area contributed by atoms with E-state index in [9.17, 15) is 13.2 Å². The summed E-state index contributed by atoms with van der Waals surface area (Å²) in [5.74, 6) is 0.0113. The van der Waals surface area contributed by atoms with Gasteiger partial charge in [-0.2, -0.15) is 0 Å². The van der Waals surface area contributed by atoms with Crippen molar-refractivity contribution in [1.29, 1.82) is 0 Å². The molecule has 6 nitrogen and oxygen atoms in total. The molecule has 0 unspecified atom stereocenters. The Bertz CT molecular complexity index is 873. The normalized spacial score (nSPS) is 11.2. The van der Waals surface area contributed by atoms with Crippen LogP contribution in [0, 0.1) is 0 Å². The van der Waals surface area contributed by atoms with Crippen molar-refractivity contribution in [3.8, 4) is 5.75 Å². The Morgan fingerprint density at radius 3 is 2.50 bits per heavy atom. The maximum absolute atomic E-state index is 12.0. The molecule has 0 aliphatic heterocycles. The van der Waals surface area contributed by atoms with Crippen LogP contribution in [0.2, 0.25) is 5.02 Å². The monoisotopic (exact) mass is 460 g/mol. The lowest BCUT2D eigenvalue weighted by Crippen LogP contribution is -2.24. The lowest BCUT2D eigenvalue weighted by atomic mass is 10.3. The third-order valence-corrected chi connectivity index (χ3v) is 5.51. The summed E-state index contributed by atoms with van der Waals surface area (Å²) in [5, 5.41) is 3.02. The summed E-state index contributed by atoms with van der Waals surface area (Å²) in [6.45, 7) is 2.03. The predicted molar refractivity (Wildman–Crippen MR) is 105 cm³/mol. The Hall–Kier alpha value is -1.61. The molecule has 0 heterocycles. The summed E-state index contributed by atoms with van der Waals surface area (Å²) >= 11 is 9.31. The Morgan fingerprint density at radius 1 is 1.19 bits per heavy atom. The molecule has 0 saturated carbocycles. The van der Waals surface area contributed by atoms with Crippen molar-refractivity contribution >= 4 is 49.1 Å². The summed E-state index contributed by atoms with van der Waals surface area (Å²) in [5.41, 5.74) is 0.468. The molecule has 2 rings (SSSR count). The molecule has 0 aromatic heterocycles. The lowest BCUT2D eigenvalue weighted by molar-refractivity contribution is -0.118. The van der Waals surface area contributed by atoms with Crippen molar-refractivity contribution in [2.75, 3.05) is 18.5 Å². The molecule has 0 spiro atoms. The van der Waals surface area contributed by atoms with E-state index in [2.05, 4.69) is 26.0 Å². The second-order valence-electron chi connectivity index (χ2n) is 5.33. The zero-order chi connectivity index (χ0) is 19.2. The molecule has 0 fully saturated rings. The summed E-state index contributed by atoms with van der Waals surface area (Å²) in [4.78, 5) is 12.1. The van der Waals surface area contributed by atoms with Crippen molar-refractivity contribution in [3.63, 3.8) is 0 Å². The van der Waals surface area contributed by atoms with Crippen LogP contribution in [0.5, 0.6) is 5.75 Å². The zero-order valence-electron chi connectivity index (χ0n) is 14.0. The number of benzene rings is 2. The predicted octanol–water partition coefficient (Wildman–Crippen LogP) is 3.81. The van der Waals surface area contributed by atoms with Crippen LogP contribution in [0.15, 0.2) is 51.8 Å². The van der Waals surface area contributed by atoms with E-state index in [1.165, 1.54) is 24.3 Å². The van der Waals surface area contributed by atoms with Gasteiger partial charge in [-0.05, 0) is 48.9 Å². The molecule has 0 bridgehead atoms. The van der Waals surface area contributed by atoms with Crippen LogP contribution in [0.4, 0.5) is 5.69 Å². The van der Waals surface area contributed by atoms with E-state index in [0.29, 0.717) is 29.4 Å². The molecule has 9 heteroatoms. The van der Waals surface area contributed by atoms with Gasteiger partial charge in [0, 0.05) is 16.7 Å². The van der Waals surface area contributed by atoms with Gasteiger partial charge >= 0.3 is 0 Å². The first-order valence-corrected chi connectivity index (χ1v) is 10.4. The summed E-state index contributed by atoms with van der Waals surface area (Å²) in [7, 11) is -3.53. The van der Waals surface area contributed by atoms with Crippen LogP contribution >= 0.6 is 27.5 Å². The van der Waals surface area contributed by atoms with E-state index >= 15 is 0 Å². The SMILES string of the molecule is CCCNS(=O)(=O)c1ccc(NC(=O)COc2ccc(Br)cc2Cl)cc1. The van der Waals surface area contributed by atoms with Crippen molar-refractivity contribution < 1.29 is 17.9 Å². The summed E-state index contributed by atoms with van der Waals surface area (Å²) in [6, 6.07) is 11.0. The second kappa shape index (κ2) is 9.36. The minimum atomic E-state index is -3.53. The Labute approximate surface area is 166 Å². The highest BCUT2D eigenvalue weighted by molar-refractivity contribution is 9.10. The zero-order valence-corrected chi connectivity index (χ0v) is 17.1. The van der Waals surface area contributed by atoms with Crippen LogP contribution in [0.1, 0.15) is 13.3 Å². The third kappa shape index (κ3) is 5.98. The van der Waals surface area contributed by atoms with Gasteiger partial charge in [0.1, 0.15) is 5.75 Å². The number of nitrogens with one attached hydrogen (secondary N) is 2. The maximum Gasteiger partial charge on any atom is 0.262 e. The number of rotatable bonds is 8. The lowest BCUT2D eigenvalue weighted by Gasteiger charge is -2.10. The van der Waals surface area contributed by atoms with E-state index in [1.807, 2.05) is 6.92 Å². The molecule has 2 aromatic carbocycles. The van der Waals surface area contributed by atoms with Gasteiger partial charge in [-0.25, -0.2) is 13.1 Å². The van der Waals surface area contributed by atoms with Crippen LogP contribution in [0.25, 0.3) is 0 Å². The number of halogens is 2. The molecule has 1 amide bonds. The molecular formula is C17H18BrClN2O4S. The van der Waals surface area contributed by atoms with Crippen molar-refractivity contribution in [2.24, 2.45) is 0 Å². The van der Waals surface area contributed by atoms with Gasteiger partial charge in [-0.1, -0.05) is 34.5 Å². The van der Waals surface area contributed by atoms with Crippen LogP contribution in [-0.4, -0.2) is 27.5 Å². The first kappa shape index (κ1) is 20.7. The van der Waals surface area contributed by atoms with E-state index < -0.39 is 10.0 Å². The minimum absolute atomic E-state index is 0.141. The third-order valence-electron chi connectivity index (χ3n) is 3.24. The van der Waals surface area contributed by atoms with E-state index in [0.717, 1.165) is 4.47 Å². The van der Waals surface area contributed by atoms with Gasteiger partial charge < -0.3 is 10.1 Å².